The van der Waals surface area contributed by atoms with Gasteiger partial charge in [0.1, 0.15) is 0 Å². The van der Waals surface area contributed by atoms with Crippen molar-refractivity contribution in [3.05, 3.63) is 18.0 Å². The van der Waals surface area contributed by atoms with Gasteiger partial charge in [-0.25, -0.2) is 0 Å². The molecule has 1 saturated heterocycles. The van der Waals surface area contributed by atoms with Gasteiger partial charge in [0.2, 0.25) is 0 Å². The highest BCUT2D eigenvalue weighted by atomic mass is 32.2. The van der Waals surface area contributed by atoms with Gasteiger partial charge in [-0.05, 0) is 19.4 Å². The molecule has 0 radical (unpaired) electrons. The molecule has 21 heavy (non-hydrogen) atoms. The van der Waals surface area contributed by atoms with Gasteiger partial charge in [-0.3, -0.25) is 4.68 Å². The van der Waals surface area contributed by atoms with Crippen LogP contribution in [-0.2, 0) is 23.8 Å². The first-order valence-electron chi connectivity index (χ1n) is 7.47. The number of rotatable bonds is 7. The van der Waals surface area contributed by atoms with Crippen LogP contribution in [0.25, 0.3) is 0 Å². The molecule has 7 nitrogen and oxygen atoms in total. The van der Waals surface area contributed by atoms with E-state index in [-0.39, 0.29) is 12.6 Å². The van der Waals surface area contributed by atoms with Crippen LogP contribution in [-0.4, -0.2) is 48.2 Å². The van der Waals surface area contributed by atoms with Gasteiger partial charge in [-0.1, -0.05) is 13.3 Å². The number of likely N-dealkylation sites (N-methyl/N-ethyl adjacent to an activating group) is 1. The number of piperidine rings is 1. The molecule has 0 amide bonds. The van der Waals surface area contributed by atoms with Crippen molar-refractivity contribution < 1.29 is 8.42 Å². The van der Waals surface area contributed by atoms with E-state index in [1.54, 1.807) is 15.2 Å². The Morgan fingerprint density at radius 2 is 2.24 bits per heavy atom. The van der Waals surface area contributed by atoms with E-state index in [4.69, 9.17) is 0 Å². The van der Waals surface area contributed by atoms with E-state index < -0.39 is 10.2 Å². The highest BCUT2D eigenvalue weighted by Crippen LogP contribution is 2.19. The molecule has 1 aromatic heterocycles. The van der Waals surface area contributed by atoms with Crippen LogP contribution in [0.4, 0.5) is 0 Å². The minimum Gasteiger partial charge on any atom is -0.315 e. The van der Waals surface area contributed by atoms with E-state index in [2.05, 4.69) is 15.1 Å². The predicted octanol–water partition coefficient (Wildman–Crippen LogP) is 0.219. The van der Waals surface area contributed by atoms with Gasteiger partial charge in [0.05, 0.1) is 6.20 Å². The zero-order chi connectivity index (χ0) is 15.3. The molecule has 2 N–H and O–H groups in total. The Morgan fingerprint density at radius 1 is 1.43 bits per heavy atom. The molecule has 0 spiro atoms. The van der Waals surface area contributed by atoms with Gasteiger partial charge in [0.25, 0.3) is 10.2 Å². The molecule has 1 atom stereocenters. The maximum Gasteiger partial charge on any atom is 0.280 e. The Morgan fingerprint density at radius 3 is 2.90 bits per heavy atom. The third-order valence-electron chi connectivity index (χ3n) is 3.73. The molecule has 120 valence electrons. The van der Waals surface area contributed by atoms with Gasteiger partial charge < -0.3 is 5.32 Å². The lowest BCUT2D eigenvalue weighted by atomic mass is 10.1. The van der Waals surface area contributed by atoms with Crippen LogP contribution >= 0.6 is 0 Å². The van der Waals surface area contributed by atoms with Crippen molar-refractivity contribution in [2.45, 2.75) is 38.8 Å². The Balaban J connectivity index is 1.98. The van der Waals surface area contributed by atoms with E-state index in [1.165, 1.54) is 0 Å². The minimum atomic E-state index is -3.45. The molecule has 0 aromatic carbocycles. The Bertz CT molecular complexity index is 543. The van der Waals surface area contributed by atoms with Gasteiger partial charge in [0.15, 0.2) is 0 Å². The number of aryl methyl sites for hydroxylation is 1. The highest BCUT2D eigenvalue weighted by molar-refractivity contribution is 7.87. The fourth-order valence-corrected chi connectivity index (χ4v) is 4.08. The molecule has 8 heteroatoms. The third kappa shape index (κ3) is 4.50. The molecule has 0 saturated carbocycles. The highest BCUT2D eigenvalue weighted by Gasteiger charge is 2.31. The normalized spacial score (nSPS) is 20.8. The van der Waals surface area contributed by atoms with Crippen molar-refractivity contribution in [3.63, 3.8) is 0 Å². The quantitative estimate of drug-likeness (QED) is 0.754. The van der Waals surface area contributed by atoms with Crippen molar-refractivity contribution in [2.75, 3.05) is 19.6 Å². The van der Waals surface area contributed by atoms with Gasteiger partial charge in [-0.2, -0.15) is 22.5 Å². The van der Waals surface area contributed by atoms with Crippen molar-refractivity contribution in [1.82, 2.24) is 24.1 Å². The van der Waals surface area contributed by atoms with E-state index >= 15 is 0 Å². The fourth-order valence-electron chi connectivity index (χ4n) is 2.63. The zero-order valence-electron chi connectivity index (χ0n) is 12.7. The average molecular weight is 315 g/mol. The Labute approximate surface area is 126 Å². The fraction of sp³-hybridized carbons (Fsp3) is 0.769. The summed E-state index contributed by atoms with van der Waals surface area (Å²) in [5.74, 6) is 0. The summed E-state index contributed by atoms with van der Waals surface area (Å²) in [6.45, 7) is 4.47. The van der Waals surface area contributed by atoms with Crippen LogP contribution in [0.15, 0.2) is 12.4 Å². The van der Waals surface area contributed by atoms with Gasteiger partial charge in [-0.15, -0.1) is 0 Å². The molecular formula is C13H25N5O2S. The molecular weight excluding hydrogens is 290 g/mol. The van der Waals surface area contributed by atoms with Crippen LogP contribution in [0.2, 0.25) is 0 Å². The number of aromatic nitrogens is 2. The zero-order valence-corrected chi connectivity index (χ0v) is 13.6. The number of nitrogens with one attached hydrogen (secondary N) is 2. The number of hydrogen-bond acceptors (Lipinski definition) is 4. The summed E-state index contributed by atoms with van der Waals surface area (Å²) in [4.78, 5) is 0. The maximum absolute atomic E-state index is 12.5. The van der Waals surface area contributed by atoms with Crippen LogP contribution < -0.4 is 10.0 Å². The maximum atomic E-state index is 12.5. The lowest BCUT2D eigenvalue weighted by Gasteiger charge is -2.34. The Kier molecular flexibility index (Phi) is 5.74. The lowest BCUT2D eigenvalue weighted by molar-refractivity contribution is 0.243. The summed E-state index contributed by atoms with van der Waals surface area (Å²) in [5, 5.41) is 7.29. The molecule has 1 unspecified atom stereocenters. The summed E-state index contributed by atoms with van der Waals surface area (Å²) < 4.78 is 31.0. The Hall–Kier alpha value is -0.960. The van der Waals surface area contributed by atoms with Crippen LogP contribution in [0.1, 0.15) is 31.7 Å². The second kappa shape index (κ2) is 7.35. The van der Waals surface area contributed by atoms with Gasteiger partial charge in [0, 0.05) is 44.5 Å². The molecule has 0 bridgehead atoms. The van der Waals surface area contributed by atoms with E-state index in [0.29, 0.717) is 13.1 Å². The van der Waals surface area contributed by atoms with Crippen LogP contribution in [0, 0.1) is 0 Å². The molecule has 0 aliphatic carbocycles. The van der Waals surface area contributed by atoms with Crippen LogP contribution in [0.3, 0.4) is 0 Å². The molecule has 1 aromatic rings. The standard InChI is InChI=1S/C13H25N5O2S/c1-3-14-10-13-6-4-5-7-18(13)21(19,20)16-9-12-8-15-17(2)11-12/h8,11,13-14,16H,3-7,9-10H2,1-2H3. The third-order valence-corrected chi connectivity index (χ3v) is 5.34. The number of nitrogens with zero attached hydrogens (tertiary/aromatic N) is 3. The summed E-state index contributed by atoms with van der Waals surface area (Å²) >= 11 is 0. The summed E-state index contributed by atoms with van der Waals surface area (Å²) in [6, 6.07) is 0.0464. The summed E-state index contributed by atoms with van der Waals surface area (Å²) in [7, 11) is -1.63. The molecule has 1 aliphatic heterocycles. The smallest absolute Gasteiger partial charge is 0.280 e. The summed E-state index contributed by atoms with van der Waals surface area (Å²) in [5.41, 5.74) is 0.862. The molecule has 2 heterocycles. The molecule has 2 rings (SSSR count). The lowest BCUT2D eigenvalue weighted by Crippen LogP contribution is -2.52. The first kappa shape index (κ1) is 16.4. The van der Waals surface area contributed by atoms with E-state index in [1.807, 2.05) is 20.2 Å². The second-order valence-electron chi connectivity index (χ2n) is 5.42. The first-order valence-corrected chi connectivity index (χ1v) is 8.91. The van der Waals surface area contributed by atoms with Crippen molar-refractivity contribution in [1.29, 1.82) is 0 Å². The average Bonchev–Trinajstić information content (AvgIpc) is 2.89. The van der Waals surface area contributed by atoms with Crippen molar-refractivity contribution >= 4 is 10.2 Å². The van der Waals surface area contributed by atoms with Crippen molar-refractivity contribution in [3.8, 4) is 0 Å². The van der Waals surface area contributed by atoms with E-state index in [0.717, 1.165) is 31.4 Å². The van der Waals surface area contributed by atoms with Gasteiger partial charge >= 0.3 is 0 Å². The first-order chi connectivity index (χ1) is 10.0. The summed E-state index contributed by atoms with van der Waals surface area (Å²) in [6.07, 6.45) is 6.42. The SMILES string of the molecule is CCNCC1CCCCN1S(=O)(=O)NCc1cnn(C)c1. The molecule has 1 aliphatic rings. The monoisotopic (exact) mass is 315 g/mol. The number of hydrogen-bond donors (Lipinski definition) is 2. The van der Waals surface area contributed by atoms with Crippen LogP contribution in [0.5, 0.6) is 0 Å². The van der Waals surface area contributed by atoms with Crippen molar-refractivity contribution in [2.24, 2.45) is 7.05 Å². The van der Waals surface area contributed by atoms with E-state index in [9.17, 15) is 8.42 Å². The topological polar surface area (TPSA) is 79.3 Å². The molecule has 1 fully saturated rings. The minimum absolute atomic E-state index is 0.0464. The predicted molar refractivity (Wildman–Crippen MR) is 81.9 cm³/mol. The second-order valence-corrected chi connectivity index (χ2v) is 7.12. The largest absolute Gasteiger partial charge is 0.315 e.